The van der Waals surface area contributed by atoms with E-state index in [-0.39, 0.29) is 12.6 Å². The number of halogens is 1. The number of benzene rings is 3. The Balaban J connectivity index is 1.57. The van der Waals surface area contributed by atoms with Gasteiger partial charge in [0.1, 0.15) is 24.1 Å². The number of carbonyl (C=O) groups excluding carboxylic acids is 1. The van der Waals surface area contributed by atoms with Crippen LogP contribution in [0.15, 0.2) is 78.9 Å². The van der Waals surface area contributed by atoms with Crippen LogP contribution in [-0.2, 0) is 16.1 Å². The molecule has 0 aromatic heterocycles. The van der Waals surface area contributed by atoms with Crippen molar-refractivity contribution < 1.29 is 14.3 Å². The van der Waals surface area contributed by atoms with Crippen LogP contribution in [0.4, 0.5) is 5.69 Å². The molecule has 0 aliphatic rings. The topological polar surface area (TPSA) is 47.6 Å². The minimum Gasteiger partial charge on any atom is -0.459 e. The van der Waals surface area contributed by atoms with Crippen LogP contribution >= 0.6 is 11.6 Å². The average molecular weight is 396 g/mol. The van der Waals surface area contributed by atoms with Gasteiger partial charge in [-0.1, -0.05) is 48.9 Å². The molecule has 0 radical (unpaired) electrons. The highest BCUT2D eigenvalue weighted by atomic mass is 35.5. The summed E-state index contributed by atoms with van der Waals surface area (Å²) >= 11 is 5.90. The third-order valence-corrected chi connectivity index (χ3v) is 4.39. The minimum atomic E-state index is -0.426. The van der Waals surface area contributed by atoms with Gasteiger partial charge in [-0.2, -0.15) is 0 Å². The summed E-state index contributed by atoms with van der Waals surface area (Å²) in [5, 5.41) is 3.83. The number of ether oxygens (including phenoxy) is 2. The maximum atomic E-state index is 12.5. The van der Waals surface area contributed by atoms with Gasteiger partial charge in [0.15, 0.2) is 0 Å². The Kier molecular flexibility index (Phi) is 6.93. The molecule has 3 rings (SSSR count). The number of anilines is 1. The molecule has 1 unspecified atom stereocenters. The lowest BCUT2D eigenvalue weighted by Crippen LogP contribution is -2.30. The second kappa shape index (κ2) is 9.81. The third-order valence-electron chi connectivity index (χ3n) is 4.14. The normalized spacial score (nSPS) is 11.5. The molecular weight excluding hydrogens is 374 g/mol. The molecule has 28 heavy (non-hydrogen) atoms. The predicted molar refractivity (Wildman–Crippen MR) is 112 cm³/mol. The standard InChI is InChI=1S/C23H22ClNO3/c1-2-22(25-19-13-11-18(24)12-14-19)23(26)27-16-17-7-6-10-21(15-17)28-20-8-4-3-5-9-20/h3-15,22,25H,2,16H2,1H3. The van der Waals surface area contributed by atoms with Gasteiger partial charge in [-0.05, 0) is 60.5 Å². The quantitative estimate of drug-likeness (QED) is 0.470. The number of esters is 1. The summed E-state index contributed by atoms with van der Waals surface area (Å²) in [5.74, 6) is 1.16. The molecule has 0 saturated carbocycles. The summed E-state index contributed by atoms with van der Waals surface area (Å²) in [6, 6.07) is 23.9. The van der Waals surface area contributed by atoms with Crippen molar-refractivity contribution >= 4 is 23.3 Å². The van der Waals surface area contributed by atoms with Crippen LogP contribution in [0, 0.1) is 0 Å². The maximum absolute atomic E-state index is 12.5. The van der Waals surface area contributed by atoms with Crippen molar-refractivity contribution in [1.29, 1.82) is 0 Å². The van der Waals surface area contributed by atoms with Crippen molar-refractivity contribution in [3.05, 3.63) is 89.4 Å². The fourth-order valence-electron chi connectivity index (χ4n) is 2.65. The SMILES string of the molecule is CCC(Nc1ccc(Cl)cc1)C(=O)OCc1cccc(Oc2ccccc2)c1. The van der Waals surface area contributed by atoms with Gasteiger partial charge >= 0.3 is 5.97 Å². The molecule has 1 N–H and O–H groups in total. The van der Waals surface area contributed by atoms with Gasteiger partial charge in [0.25, 0.3) is 0 Å². The first-order chi connectivity index (χ1) is 13.6. The van der Waals surface area contributed by atoms with E-state index >= 15 is 0 Å². The predicted octanol–water partition coefficient (Wildman–Crippen LogP) is 6.07. The summed E-state index contributed by atoms with van der Waals surface area (Å²) in [6.45, 7) is 2.12. The van der Waals surface area contributed by atoms with E-state index in [1.165, 1.54) is 0 Å². The van der Waals surface area contributed by atoms with Crippen molar-refractivity contribution in [3.8, 4) is 11.5 Å². The van der Waals surface area contributed by atoms with Gasteiger partial charge in [0.05, 0.1) is 0 Å². The smallest absolute Gasteiger partial charge is 0.328 e. The van der Waals surface area contributed by atoms with Gasteiger partial charge < -0.3 is 14.8 Å². The van der Waals surface area contributed by atoms with Crippen LogP contribution in [0.25, 0.3) is 0 Å². The van der Waals surface area contributed by atoms with E-state index in [1.807, 2.05) is 73.7 Å². The Morgan fingerprint density at radius 1 is 0.964 bits per heavy atom. The second-order valence-corrected chi connectivity index (χ2v) is 6.72. The molecule has 3 aromatic carbocycles. The number of para-hydroxylation sites is 1. The molecule has 0 bridgehead atoms. The zero-order valence-electron chi connectivity index (χ0n) is 15.6. The molecule has 0 spiro atoms. The second-order valence-electron chi connectivity index (χ2n) is 6.28. The van der Waals surface area contributed by atoms with Gasteiger partial charge in [-0.15, -0.1) is 0 Å². The van der Waals surface area contributed by atoms with Gasteiger partial charge in [-0.3, -0.25) is 0 Å². The maximum Gasteiger partial charge on any atom is 0.328 e. The zero-order valence-corrected chi connectivity index (χ0v) is 16.4. The summed E-state index contributed by atoms with van der Waals surface area (Å²) in [7, 11) is 0. The van der Waals surface area contributed by atoms with Crippen molar-refractivity contribution in [1.82, 2.24) is 0 Å². The zero-order chi connectivity index (χ0) is 19.8. The molecule has 4 nitrogen and oxygen atoms in total. The van der Waals surface area contributed by atoms with E-state index in [0.717, 1.165) is 17.0 Å². The lowest BCUT2D eigenvalue weighted by molar-refractivity contribution is -0.145. The molecule has 3 aromatic rings. The first kappa shape index (κ1) is 19.8. The largest absolute Gasteiger partial charge is 0.459 e. The average Bonchev–Trinajstić information content (AvgIpc) is 2.72. The Hall–Kier alpha value is -2.98. The molecule has 0 aliphatic carbocycles. The van der Waals surface area contributed by atoms with Gasteiger partial charge in [0, 0.05) is 10.7 Å². The molecule has 0 aliphatic heterocycles. The molecule has 5 heteroatoms. The van der Waals surface area contributed by atoms with Crippen LogP contribution < -0.4 is 10.1 Å². The highest BCUT2D eigenvalue weighted by Gasteiger charge is 2.18. The summed E-state index contributed by atoms with van der Waals surface area (Å²) < 4.78 is 11.3. The van der Waals surface area contributed by atoms with Crippen LogP contribution in [-0.4, -0.2) is 12.0 Å². The number of hydrogen-bond donors (Lipinski definition) is 1. The van der Waals surface area contributed by atoms with E-state index in [9.17, 15) is 4.79 Å². The van der Waals surface area contributed by atoms with E-state index in [4.69, 9.17) is 21.1 Å². The highest BCUT2D eigenvalue weighted by Crippen LogP contribution is 2.22. The van der Waals surface area contributed by atoms with Crippen LogP contribution in [0.3, 0.4) is 0 Å². The Morgan fingerprint density at radius 2 is 1.68 bits per heavy atom. The van der Waals surface area contributed by atoms with Crippen LogP contribution in [0.2, 0.25) is 5.02 Å². The first-order valence-corrected chi connectivity index (χ1v) is 9.52. The fourth-order valence-corrected chi connectivity index (χ4v) is 2.78. The van der Waals surface area contributed by atoms with Gasteiger partial charge in [-0.25, -0.2) is 4.79 Å². The minimum absolute atomic E-state index is 0.184. The number of rotatable bonds is 8. The van der Waals surface area contributed by atoms with Crippen LogP contribution in [0.1, 0.15) is 18.9 Å². The lowest BCUT2D eigenvalue weighted by atomic mass is 10.2. The first-order valence-electron chi connectivity index (χ1n) is 9.14. The lowest BCUT2D eigenvalue weighted by Gasteiger charge is -2.17. The van der Waals surface area contributed by atoms with E-state index in [2.05, 4.69) is 5.32 Å². The number of hydrogen-bond acceptors (Lipinski definition) is 4. The van der Waals surface area contributed by atoms with Crippen molar-refractivity contribution in [2.45, 2.75) is 26.0 Å². The molecule has 0 saturated heterocycles. The number of nitrogens with one attached hydrogen (secondary N) is 1. The van der Waals surface area contributed by atoms with E-state index < -0.39 is 6.04 Å². The fraction of sp³-hybridized carbons (Fsp3) is 0.174. The highest BCUT2D eigenvalue weighted by molar-refractivity contribution is 6.30. The summed E-state index contributed by atoms with van der Waals surface area (Å²) in [5.41, 5.74) is 1.69. The van der Waals surface area contributed by atoms with Crippen molar-refractivity contribution in [3.63, 3.8) is 0 Å². The monoisotopic (exact) mass is 395 g/mol. The van der Waals surface area contributed by atoms with Crippen LogP contribution in [0.5, 0.6) is 11.5 Å². The molecule has 0 fully saturated rings. The van der Waals surface area contributed by atoms with Crippen molar-refractivity contribution in [2.75, 3.05) is 5.32 Å². The Morgan fingerprint density at radius 3 is 2.39 bits per heavy atom. The Bertz CT molecular complexity index is 897. The molecule has 144 valence electrons. The third kappa shape index (κ3) is 5.76. The molecular formula is C23H22ClNO3. The molecule has 1 atom stereocenters. The Labute approximate surface area is 170 Å². The number of carbonyl (C=O) groups is 1. The van der Waals surface area contributed by atoms with E-state index in [0.29, 0.717) is 17.2 Å². The molecule has 0 amide bonds. The molecule has 0 heterocycles. The summed E-state index contributed by atoms with van der Waals surface area (Å²) in [4.78, 5) is 12.5. The summed E-state index contributed by atoms with van der Waals surface area (Å²) in [6.07, 6.45) is 0.610. The van der Waals surface area contributed by atoms with Gasteiger partial charge in [0.2, 0.25) is 0 Å². The van der Waals surface area contributed by atoms with Crippen molar-refractivity contribution in [2.24, 2.45) is 0 Å². The van der Waals surface area contributed by atoms with E-state index in [1.54, 1.807) is 12.1 Å².